The van der Waals surface area contributed by atoms with E-state index >= 15 is 0 Å². The number of rotatable bonds is 2. The molecule has 1 fully saturated rings. The number of alkyl halides is 2. The molecule has 1 unspecified atom stereocenters. The Morgan fingerprint density at radius 2 is 2.08 bits per heavy atom. The Hall–Kier alpha value is -2.38. The van der Waals surface area contributed by atoms with Crippen molar-refractivity contribution < 1.29 is 22.4 Å². The molecule has 2 heterocycles. The highest BCUT2D eigenvalue weighted by molar-refractivity contribution is 6.01. The maximum absolute atomic E-state index is 13.9. The Morgan fingerprint density at radius 1 is 1.38 bits per heavy atom. The fourth-order valence-corrected chi connectivity index (χ4v) is 2.87. The van der Waals surface area contributed by atoms with Crippen LogP contribution < -0.4 is 10.6 Å². The fourth-order valence-electron chi connectivity index (χ4n) is 2.87. The maximum Gasteiger partial charge on any atom is 0.254 e. The number of carbonyl (C=O) groups excluding carboxylic acids is 1. The van der Waals surface area contributed by atoms with E-state index in [4.69, 9.17) is 5.73 Å². The van der Waals surface area contributed by atoms with Crippen LogP contribution in [0.15, 0.2) is 18.2 Å². The smallest absolute Gasteiger partial charge is 0.254 e. The molecule has 2 N–H and O–H groups in total. The third-order valence-corrected chi connectivity index (χ3v) is 4.36. The summed E-state index contributed by atoms with van der Waals surface area (Å²) in [5, 5.41) is -0.178. The lowest BCUT2D eigenvalue weighted by atomic mass is 9.95. The summed E-state index contributed by atoms with van der Waals surface area (Å²) in [7, 11) is 0. The van der Waals surface area contributed by atoms with E-state index in [-0.39, 0.29) is 41.8 Å². The second kappa shape index (κ2) is 5.61. The highest BCUT2D eigenvalue weighted by atomic mass is 19.3. The van der Waals surface area contributed by atoms with E-state index in [0.717, 1.165) is 12.1 Å². The Labute approximate surface area is 135 Å². The molecule has 0 saturated carbocycles. The molecule has 24 heavy (non-hydrogen) atoms. The van der Waals surface area contributed by atoms with Gasteiger partial charge in [0.05, 0.1) is 11.1 Å². The van der Waals surface area contributed by atoms with E-state index in [9.17, 15) is 22.4 Å². The molecule has 1 atom stereocenters. The molecule has 1 amide bonds. The van der Waals surface area contributed by atoms with Crippen molar-refractivity contribution in [3.63, 3.8) is 0 Å². The molecule has 128 valence electrons. The molecule has 8 heteroatoms. The quantitative estimate of drug-likeness (QED) is 0.854. The molecule has 0 aliphatic carbocycles. The number of amides is 1. The van der Waals surface area contributed by atoms with Crippen LogP contribution in [0.5, 0.6) is 0 Å². The molecule has 2 aromatic rings. The van der Waals surface area contributed by atoms with Crippen LogP contribution in [-0.4, -0.2) is 29.9 Å². The van der Waals surface area contributed by atoms with Crippen molar-refractivity contribution in [3.8, 4) is 0 Å². The zero-order valence-corrected chi connectivity index (χ0v) is 12.8. The minimum absolute atomic E-state index is 0.0141. The molecular weight excluding hydrogens is 326 g/mol. The largest absolute Gasteiger partial charge is 0.365 e. The Kier molecular flexibility index (Phi) is 3.85. The first-order valence-electron chi connectivity index (χ1n) is 7.42. The molecule has 0 radical (unpaired) electrons. The Bertz CT molecular complexity index is 825. The lowest BCUT2D eigenvalue weighted by Crippen LogP contribution is -2.46. The number of primary amides is 1. The van der Waals surface area contributed by atoms with Crippen LogP contribution in [0.3, 0.4) is 0 Å². The van der Waals surface area contributed by atoms with Gasteiger partial charge in [-0.2, -0.15) is 0 Å². The summed E-state index contributed by atoms with van der Waals surface area (Å²) in [5.41, 5.74) is 5.32. The number of aromatic nitrogens is 1. The number of carbonyl (C=O) groups is 1. The third kappa shape index (κ3) is 2.65. The number of nitrogens with two attached hydrogens (primary N) is 1. The summed E-state index contributed by atoms with van der Waals surface area (Å²) < 4.78 is 54.6. The number of benzene rings is 1. The molecule has 0 bridgehead atoms. The SMILES string of the molecule is CC1CN(c2nc3ccc(F)c(F)c3cc2C(N)=O)CCC1(F)F. The number of anilines is 1. The molecule has 1 aromatic heterocycles. The molecule has 1 aliphatic heterocycles. The summed E-state index contributed by atoms with van der Waals surface area (Å²) in [6.45, 7) is 1.38. The summed E-state index contributed by atoms with van der Waals surface area (Å²) >= 11 is 0. The van der Waals surface area contributed by atoms with Gasteiger partial charge < -0.3 is 10.6 Å². The van der Waals surface area contributed by atoms with Gasteiger partial charge in [0.2, 0.25) is 0 Å². The standard InChI is InChI=1S/C16H15F4N3O/c1-8-7-23(5-4-16(8,19)20)15-10(14(21)24)6-9-12(22-15)3-2-11(17)13(9)18/h2-3,6,8H,4-5,7H2,1H3,(H2,21,24). The van der Waals surface area contributed by atoms with Gasteiger partial charge in [-0.25, -0.2) is 22.5 Å². The van der Waals surface area contributed by atoms with Gasteiger partial charge in [0.15, 0.2) is 11.6 Å². The predicted octanol–water partition coefficient (Wildman–Crippen LogP) is 3.09. The second-order valence-electron chi connectivity index (χ2n) is 6.01. The monoisotopic (exact) mass is 341 g/mol. The molecule has 0 spiro atoms. The van der Waals surface area contributed by atoms with Crippen LogP contribution in [0.1, 0.15) is 23.7 Å². The van der Waals surface area contributed by atoms with Crippen molar-refractivity contribution in [2.24, 2.45) is 11.7 Å². The van der Waals surface area contributed by atoms with Gasteiger partial charge in [-0.05, 0) is 18.2 Å². The highest BCUT2D eigenvalue weighted by Gasteiger charge is 2.42. The molecule has 1 aliphatic rings. The van der Waals surface area contributed by atoms with Gasteiger partial charge in [0, 0.05) is 30.8 Å². The average molecular weight is 341 g/mol. The van der Waals surface area contributed by atoms with E-state index in [2.05, 4.69) is 4.98 Å². The van der Waals surface area contributed by atoms with Crippen LogP contribution in [0.2, 0.25) is 0 Å². The normalized spacial score (nSPS) is 20.4. The van der Waals surface area contributed by atoms with E-state index in [0.29, 0.717) is 0 Å². The van der Waals surface area contributed by atoms with Crippen LogP contribution in [0, 0.1) is 17.6 Å². The molecular formula is C16H15F4N3O. The molecule has 3 rings (SSSR count). The van der Waals surface area contributed by atoms with Gasteiger partial charge in [-0.3, -0.25) is 4.79 Å². The number of fused-ring (bicyclic) bond motifs is 1. The van der Waals surface area contributed by atoms with Crippen LogP contribution in [0.25, 0.3) is 10.9 Å². The highest BCUT2D eigenvalue weighted by Crippen LogP contribution is 2.36. The van der Waals surface area contributed by atoms with E-state index in [1.165, 1.54) is 17.9 Å². The van der Waals surface area contributed by atoms with Gasteiger partial charge >= 0.3 is 0 Å². The topological polar surface area (TPSA) is 59.2 Å². The van der Waals surface area contributed by atoms with Crippen LogP contribution in [-0.2, 0) is 0 Å². The van der Waals surface area contributed by atoms with Crippen molar-refractivity contribution in [2.45, 2.75) is 19.3 Å². The first-order valence-corrected chi connectivity index (χ1v) is 7.42. The van der Waals surface area contributed by atoms with Crippen molar-refractivity contribution in [1.29, 1.82) is 0 Å². The number of piperidine rings is 1. The number of hydrogen-bond acceptors (Lipinski definition) is 3. The van der Waals surface area contributed by atoms with E-state index < -0.39 is 29.4 Å². The summed E-state index contributed by atoms with van der Waals surface area (Å²) in [4.78, 5) is 17.4. The van der Waals surface area contributed by atoms with Crippen molar-refractivity contribution >= 4 is 22.6 Å². The first-order chi connectivity index (χ1) is 11.2. The third-order valence-electron chi connectivity index (χ3n) is 4.36. The van der Waals surface area contributed by atoms with Gasteiger partial charge in [0.1, 0.15) is 5.82 Å². The van der Waals surface area contributed by atoms with E-state index in [1.807, 2.05) is 0 Å². The van der Waals surface area contributed by atoms with Gasteiger partial charge in [0.25, 0.3) is 11.8 Å². The zero-order chi connectivity index (χ0) is 17.6. The Morgan fingerprint density at radius 3 is 2.71 bits per heavy atom. The predicted molar refractivity (Wildman–Crippen MR) is 81.1 cm³/mol. The molecule has 1 aromatic carbocycles. The average Bonchev–Trinajstić information content (AvgIpc) is 2.52. The zero-order valence-electron chi connectivity index (χ0n) is 12.8. The minimum atomic E-state index is -2.80. The summed E-state index contributed by atoms with van der Waals surface area (Å²) in [6, 6.07) is 3.31. The minimum Gasteiger partial charge on any atom is -0.365 e. The van der Waals surface area contributed by atoms with E-state index in [1.54, 1.807) is 0 Å². The summed E-state index contributed by atoms with van der Waals surface area (Å²) in [5.74, 6) is -6.70. The van der Waals surface area contributed by atoms with Crippen molar-refractivity contribution in [1.82, 2.24) is 4.98 Å². The van der Waals surface area contributed by atoms with Crippen LogP contribution in [0.4, 0.5) is 23.4 Å². The number of pyridine rings is 1. The van der Waals surface area contributed by atoms with Gasteiger partial charge in [-0.1, -0.05) is 6.92 Å². The molecule has 4 nitrogen and oxygen atoms in total. The van der Waals surface area contributed by atoms with Crippen LogP contribution >= 0.6 is 0 Å². The molecule has 1 saturated heterocycles. The first kappa shape index (κ1) is 16.5. The fraction of sp³-hybridized carbons (Fsp3) is 0.375. The maximum atomic E-state index is 13.9. The Balaban J connectivity index is 2.12. The lowest BCUT2D eigenvalue weighted by Gasteiger charge is -2.37. The second-order valence-corrected chi connectivity index (χ2v) is 6.01. The number of halogens is 4. The lowest BCUT2D eigenvalue weighted by molar-refractivity contribution is -0.0652. The van der Waals surface area contributed by atoms with Crippen molar-refractivity contribution in [2.75, 3.05) is 18.0 Å². The van der Waals surface area contributed by atoms with Crippen molar-refractivity contribution in [3.05, 3.63) is 35.4 Å². The van der Waals surface area contributed by atoms with Gasteiger partial charge in [-0.15, -0.1) is 0 Å². The number of nitrogens with zero attached hydrogens (tertiary/aromatic N) is 2. The summed E-state index contributed by atoms with van der Waals surface area (Å²) in [6.07, 6.45) is -0.385. The number of hydrogen-bond donors (Lipinski definition) is 1.